The lowest BCUT2D eigenvalue weighted by atomic mass is 9.82. The van der Waals surface area contributed by atoms with Gasteiger partial charge in [0.15, 0.2) is 0 Å². The normalized spacial score (nSPS) is 15.3. The molecule has 0 unspecified atom stereocenters. The van der Waals surface area contributed by atoms with E-state index >= 15 is 0 Å². The molecule has 27 heavy (non-hydrogen) atoms. The van der Waals surface area contributed by atoms with Crippen LogP contribution in [0.25, 0.3) is 11.3 Å². The van der Waals surface area contributed by atoms with Crippen LogP contribution in [-0.4, -0.2) is 48.3 Å². The third-order valence-electron chi connectivity index (χ3n) is 4.36. The maximum absolute atomic E-state index is 11.5. The number of aliphatic carboxylic acids is 1. The molecule has 1 aliphatic heterocycles. The quantitative estimate of drug-likeness (QED) is 0.571. The van der Waals surface area contributed by atoms with E-state index in [4.69, 9.17) is 11.6 Å². The zero-order valence-corrected chi connectivity index (χ0v) is 15.9. The highest BCUT2D eigenvalue weighted by molar-refractivity contribution is 7.10. The maximum Gasteiger partial charge on any atom is 0.314 e. The summed E-state index contributed by atoms with van der Waals surface area (Å²) in [5.74, 6) is -0.430. The summed E-state index contributed by atoms with van der Waals surface area (Å²) in [4.78, 5) is 20.2. The second-order valence-electron chi connectivity index (χ2n) is 6.46. The zero-order valence-electron chi connectivity index (χ0n) is 14.3. The predicted molar refractivity (Wildman–Crippen MR) is 101 cm³/mol. The summed E-state index contributed by atoms with van der Waals surface area (Å²) in [6.45, 7) is 3.04. The molecule has 0 atom stereocenters. The Morgan fingerprint density at radius 2 is 2.30 bits per heavy atom. The minimum Gasteiger partial charge on any atom is -0.481 e. The van der Waals surface area contributed by atoms with E-state index < -0.39 is 11.4 Å². The number of halogens is 1. The lowest BCUT2D eigenvalue weighted by molar-refractivity contribution is -0.153. The number of aromatic nitrogens is 5. The van der Waals surface area contributed by atoms with Crippen LogP contribution in [-0.2, 0) is 11.3 Å². The Labute approximate surface area is 163 Å². The molecule has 1 aliphatic rings. The Morgan fingerprint density at radius 3 is 2.93 bits per heavy atom. The van der Waals surface area contributed by atoms with Crippen LogP contribution >= 0.6 is 23.1 Å². The first kappa shape index (κ1) is 17.8. The summed E-state index contributed by atoms with van der Waals surface area (Å²) in [6, 6.07) is 1.90. The zero-order chi connectivity index (χ0) is 19.0. The monoisotopic (exact) mass is 405 g/mol. The summed E-state index contributed by atoms with van der Waals surface area (Å²) >= 11 is 7.59. The lowest BCUT2D eigenvalue weighted by Crippen LogP contribution is -2.60. The van der Waals surface area contributed by atoms with Crippen LogP contribution in [0.5, 0.6) is 0 Å². The van der Waals surface area contributed by atoms with Crippen LogP contribution in [0.1, 0.15) is 5.69 Å². The van der Waals surface area contributed by atoms with Crippen molar-refractivity contribution in [3.8, 4) is 11.3 Å². The van der Waals surface area contributed by atoms with Crippen molar-refractivity contribution in [3.63, 3.8) is 0 Å². The second-order valence-corrected chi connectivity index (χ2v) is 7.68. The van der Waals surface area contributed by atoms with Crippen LogP contribution in [0.2, 0.25) is 5.02 Å². The van der Waals surface area contributed by atoms with Crippen LogP contribution < -0.4 is 10.6 Å². The topological polar surface area (TPSA) is 118 Å². The minimum atomic E-state index is -0.829. The van der Waals surface area contributed by atoms with Gasteiger partial charge in [-0.05, 0) is 24.5 Å². The van der Waals surface area contributed by atoms with E-state index in [1.807, 2.05) is 13.0 Å². The van der Waals surface area contributed by atoms with Gasteiger partial charge in [0.2, 0.25) is 5.95 Å². The summed E-state index contributed by atoms with van der Waals surface area (Å²) in [7, 11) is 0. The highest BCUT2D eigenvalue weighted by Gasteiger charge is 2.45. The van der Waals surface area contributed by atoms with Crippen molar-refractivity contribution >= 4 is 40.1 Å². The molecule has 0 amide bonds. The summed E-state index contributed by atoms with van der Waals surface area (Å²) in [6.07, 6.45) is 4.89. The van der Waals surface area contributed by atoms with Crippen molar-refractivity contribution in [3.05, 3.63) is 35.4 Å². The molecule has 3 aromatic heterocycles. The molecule has 0 spiro atoms. The molecular weight excluding hydrogens is 390 g/mol. The minimum absolute atomic E-state index is 0.281. The Balaban J connectivity index is 1.57. The number of carboxylic acid groups (broad SMARTS) is 1. The Bertz CT molecular complexity index is 998. The molecule has 0 radical (unpaired) electrons. The van der Waals surface area contributed by atoms with Gasteiger partial charge in [-0.2, -0.15) is 9.47 Å². The van der Waals surface area contributed by atoms with Gasteiger partial charge in [0.05, 0.1) is 35.3 Å². The highest BCUT2D eigenvalue weighted by atomic mass is 35.5. The van der Waals surface area contributed by atoms with E-state index in [9.17, 15) is 9.90 Å². The van der Waals surface area contributed by atoms with Gasteiger partial charge in [0.25, 0.3) is 0 Å². The number of hydrogen-bond donors (Lipinski definition) is 3. The summed E-state index contributed by atoms with van der Waals surface area (Å²) in [5.41, 5.74) is 1.31. The fourth-order valence-electron chi connectivity index (χ4n) is 2.80. The van der Waals surface area contributed by atoms with Crippen molar-refractivity contribution < 1.29 is 9.90 Å². The molecule has 1 saturated heterocycles. The van der Waals surface area contributed by atoms with Gasteiger partial charge in [0, 0.05) is 24.8 Å². The Hall–Kier alpha value is -2.56. The Morgan fingerprint density at radius 1 is 1.48 bits per heavy atom. The van der Waals surface area contributed by atoms with Gasteiger partial charge in [-0.1, -0.05) is 11.6 Å². The Kier molecular flexibility index (Phi) is 4.54. The van der Waals surface area contributed by atoms with Crippen LogP contribution in [0.3, 0.4) is 0 Å². The van der Waals surface area contributed by atoms with Gasteiger partial charge < -0.3 is 15.7 Å². The highest BCUT2D eigenvalue weighted by Crippen LogP contribution is 2.29. The maximum atomic E-state index is 11.5. The molecule has 140 valence electrons. The van der Waals surface area contributed by atoms with Gasteiger partial charge in [-0.15, -0.1) is 0 Å². The van der Waals surface area contributed by atoms with Crippen LogP contribution in [0.15, 0.2) is 24.7 Å². The average molecular weight is 406 g/mol. The van der Waals surface area contributed by atoms with Gasteiger partial charge in [-0.25, -0.2) is 9.97 Å². The number of nitrogens with one attached hydrogen (secondary N) is 2. The standard InChI is InChI=1S/C16H16ClN7O2S/c1-9-2-12(27-23-9)21-15-19-4-11(17)13(22-15)10-3-20-24(5-10)8-16(14(25)26)6-18-7-16/h2-5,18H,6-8H2,1H3,(H,25,26)(H,19,21,22). The smallest absolute Gasteiger partial charge is 0.314 e. The molecular formula is C16H16ClN7O2S. The van der Waals surface area contributed by atoms with Crippen molar-refractivity contribution in [2.45, 2.75) is 13.5 Å². The fraction of sp³-hybridized carbons (Fsp3) is 0.312. The SMILES string of the molecule is Cc1cc(Nc2ncc(Cl)c(-c3cnn(CC4(C(=O)O)CNC4)c3)n2)sn1. The molecule has 4 heterocycles. The lowest BCUT2D eigenvalue weighted by Gasteiger charge is -2.38. The van der Waals surface area contributed by atoms with Crippen molar-refractivity contribution in [2.24, 2.45) is 5.41 Å². The van der Waals surface area contributed by atoms with E-state index in [2.05, 4.69) is 30.1 Å². The molecule has 11 heteroatoms. The number of anilines is 2. The number of rotatable bonds is 6. The molecule has 4 rings (SSSR count). The number of hydrogen-bond acceptors (Lipinski definition) is 8. The fourth-order valence-corrected chi connectivity index (χ4v) is 3.66. The number of carbonyl (C=O) groups is 1. The molecule has 3 N–H and O–H groups in total. The predicted octanol–water partition coefficient (Wildman–Crippen LogP) is 2.18. The first-order chi connectivity index (χ1) is 12.9. The van der Waals surface area contributed by atoms with Gasteiger partial charge >= 0.3 is 5.97 Å². The van der Waals surface area contributed by atoms with Crippen molar-refractivity contribution in [1.29, 1.82) is 0 Å². The molecule has 9 nitrogen and oxygen atoms in total. The van der Waals surface area contributed by atoms with E-state index in [-0.39, 0.29) is 6.54 Å². The molecule has 0 saturated carbocycles. The largest absolute Gasteiger partial charge is 0.481 e. The third-order valence-corrected chi connectivity index (χ3v) is 5.43. The molecule has 1 fully saturated rings. The number of nitrogens with zero attached hydrogens (tertiary/aromatic N) is 5. The van der Waals surface area contributed by atoms with E-state index in [1.165, 1.54) is 17.7 Å². The van der Waals surface area contributed by atoms with Crippen LogP contribution in [0, 0.1) is 12.3 Å². The van der Waals surface area contributed by atoms with E-state index in [0.29, 0.717) is 35.3 Å². The summed E-state index contributed by atoms with van der Waals surface area (Å²) in [5, 5.41) is 21.1. The molecule has 0 bridgehead atoms. The molecule has 0 aliphatic carbocycles. The average Bonchev–Trinajstić information content (AvgIpc) is 3.21. The third kappa shape index (κ3) is 3.51. The molecule has 0 aromatic carbocycles. The van der Waals surface area contributed by atoms with Crippen molar-refractivity contribution in [2.75, 3.05) is 18.4 Å². The first-order valence-corrected chi connectivity index (χ1v) is 9.30. The van der Waals surface area contributed by atoms with Gasteiger partial charge in [-0.3, -0.25) is 9.48 Å². The van der Waals surface area contributed by atoms with E-state index in [1.54, 1.807) is 17.1 Å². The van der Waals surface area contributed by atoms with Gasteiger partial charge in [0.1, 0.15) is 10.4 Å². The van der Waals surface area contributed by atoms with Crippen LogP contribution in [0.4, 0.5) is 10.9 Å². The number of carboxylic acids is 1. The summed E-state index contributed by atoms with van der Waals surface area (Å²) < 4.78 is 5.82. The van der Waals surface area contributed by atoms with Crippen molar-refractivity contribution in [1.82, 2.24) is 29.4 Å². The number of aryl methyl sites for hydroxylation is 1. The molecule has 3 aromatic rings. The second kappa shape index (κ2) is 6.87. The van der Waals surface area contributed by atoms with E-state index in [0.717, 1.165) is 10.7 Å². The first-order valence-electron chi connectivity index (χ1n) is 8.15.